The standard InChI is InChI=1S/C10H10O4S/c1-15(13,14)6-5-8-3-2-4-9(7-8)10(11)12/h2-7H,1H3,(H,11,12)/b6-5+. The third-order valence-electron chi connectivity index (χ3n) is 1.64. The molecule has 0 aliphatic heterocycles. The molecule has 0 saturated carbocycles. The maximum Gasteiger partial charge on any atom is 0.335 e. The molecule has 80 valence electrons. The van der Waals surface area contributed by atoms with Crippen molar-refractivity contribution in [1.29, 1.82) is 0 Å². The van der Waals surface area contributed by atoms with E-state index in [0.717, 1.165) is 11.7 Å². The van der Waals surface area contributed by atoms with Gasteiger partial charge in [-0.3, -0.25) is 0 Å². The number of hydrogen-bond donors (Lipinski definition) is 1. The fourth-order valence-corrected chi connectivity index (χ4v) is 1.38. The Morgan fingerprint density at radius 1 is 1.40 bits per heavy atom. The Labute approximate surface area is 87.8 Å². The van der Waals surface area contributed by atoms with Gasteiger partial charge < -0.3 is 5.11 Å². The van der Waals surface area contributed by atoms with Crippen LogP contribution in [-0.4, -0.2) is 25.7 Å². The molecule has 4 nitrogen and oxygen atoms in total. The zero-order valence-corrected chi connectivity index (χ0v) is 8.86. The SMILES string of the molecule is CS(=O)(=O)/C=C/c1cccc(C(=O)O)c1. The summed E-state index contributed by atoms with van der Waals surface area (Å²) in [5.74, 6) is -1.04. The minimum atomic E-state index is -3.18. The van der Waals surface area contributed by atoms with Crippen LogP contribution in [0.2, 0.25) is 0 Å². The summed E-state index contributed by atoms with van der Waals surface area (Å²) in [6.45, 7) is 0. The number of carboxylic acids is 1. The molecule has 1 aromatic rings. The minimum absolute atomic E-state index is 0.130. The van der Waals surface area contributed by atoms with Crippen molar-refractivity contribution in [2.45, 2.75) is 0 Å². The van der Waals surface area contributed by atoms with Crippen LogP contribution in [0.1, 0.15) is 15.9 Å². The average Bonchev–Trinajstić information content (AvgIpc) is 2.14. The summed E-state index contributed by atoms with van der Waals surface area (Å²) >= 11 is 0. The number of hydrogen-bond acceptors (Lipinski definition) is 3. The van der Waals surface area contributed by atoms with Crippen LogP contribution in [0, 0.1) is 0 Å². The van der Waals surface area contributed by atoms with Gasteiger partial charge in [0.1, 0.15) is 0 Å². The molecule has 0 fully saturated rings. The van der Waals surface area contributed by atoms with Crippen molar-refractivity contribution < 1.29 is 18.3 Å². The molecule has 0 unspecified atom stereocenters. The molecule has 0 bridgehead atoms. The second-order valence-corrected chi connectivity index (χ2v) is 4.99. The molecule has 0 heterocycles. The summed E-state index contributed by atoms with van der Waals surface area (Å²) in [4.78, 5) is 10.6. The lowest BCUT2D eigenvalue weighted by Crippen LogP contribution is -1.95. The Kier molecular flexibility index (Phi) is 3.26. The number of benzene rings is 1. The van der Waals surface area contributed by atoms with Gasteiger partial charge in [0.25, 0.3) is 0 Å². The zero-order chi connectivity index (χ0) is 11.5. The highest BCUT2D eigenvalue weighted by Crippen LogP contribution is 2.07. The topological polar surface area (TPSA) is 71.4 Å². The van der Waals surface area contributed by atoms with Crippen LogP contribution < -0.4 is 0 Å². The van der Waals surface area contributed by atoms with Gasteiger partial charge in [0, 0.05) is 11.7 Å². The summed E-state index contributed by atoms with van der Waals surface area (Å²) in [6, 6.07) is 6.05. The van der Waals surface area contributed by atoms with Crippen LogP contribution in [0.15, 0.2) is 29.7 Å². The molecule has 0 aliphatic carbocycles. The number of carboxylic acid groups (broad SMARTS) is 1. The van der Waals surface area contributed by atoms with Crippen LogP contribution in [0.4, 0.5) is 0 Å². The number of aromatic carboxylic acids is 1. The monoisotopic (exact) mass is 226 g/mol. The van der Waals surface area contributed by atoms with E-state index in [1.165, 1.54) is 18.2 Å². The maximum absolute atomic E-state index is 10.8. The van der Waals surface area contributed by atoms with E-state index >= 15 is 0 Å². The second kappa shape index (κ2) is 4.27. The van der Waals surface area contributed by atoms with Crippen molar-refractivity contribution in [3.8, 4) is 0 Å². The van der Waals surface area contributed by atoms with E-state index in [1.807, 2.05) is 0 Å². The van der Waals surface area contributed by atoms with Gasteiger partial charge in [-0.2, -0.15) is 0 Å². The predicted octanol–water partition coefficient (Wildman–Crippen LogP) is 1.40. The number of rotatable bonds is 3. The van der Waals surface area contributed by atoms with Crippen molar-refractivity contribution in [1.82, 2.24) is 0 Å². The molecule has 0 radical (unpaired) electrons. The molecule has 0 atom stereocenters. The molecule has 0 aromatic heterocycles. The van der Waals surface area contributed by atoms with E-state index in [0.29, 0.717) is 5.56 Å². The first-order valence-electron chi connectivity index (χ1n) is 4.10. The lowest BCUT2D eigenvalue weighted by molar-refractivity contribution is 0.0697. The van der Waals surface area contributed by atoms with Gasteiger partial charge in [-0.15, -0.1) is 0 Å². The van der Waals surface area contributed by atoms with Crippen molar-refractivity contribution in [2.75, 3.05) is 6.26 Å². The summed E-state index contributed by atoms with van der Waals surface area (Å²) in [5.41, 5.74) is 0.672. The molecule has 1 rings (SSSR count). The number of sulfone groups is 1. The fourth-order valence-electron chi connectivity index (χ4n) is 0.978. The first kappa shape index (κ1) is 11.5. The molecule has 1 aromatic carbocycles. The van der Waals surface area contributed by atoms with Crippen molar-refractivity contribution in [3.05, 3.63) is 40.8 Å². The Balaban J connectivity index is 3.02. The fraction of sp³-hybridized carbons (Fsp3) is 0.100. The van der Waals surface area contributed by atoms with E-state index in [1.54, 1.807) is 12.1 Å². The largest absolute Gasteiger partial charge is 0.478 e. The predicted molar refractivity (Wildman–Crippen MR) is 57.3 cm³/mol. The highest BCUT2D eigenvalue weighted by molar-refractivity contribution is 7.93. The van der Waals surface area contributed by atoms with Crippen LogP contribution in [0.3, 0.4) is 0 Å². The third kappa shape index (κ3) is 3.95. The molecule has 1 N–H and O–H groups in total. The van der Waals surface area contributed by atoms with Crippen molar-refractivity contribution in [2.24, 2.45) is 0 Å². The Bertz CT molecular complexity index is 500. The third-order valence-corrected chi connectivity index (χ3v) is 2.27. The van der Waals surface area contributed by atoms with Crippen LogP contribution in [-0.2, 0) is 9.84 Å². The highest BCUT2D eigenvalue weighted by atomic mass is 32.2. The van der Waals surface area contributed by atoms with Crippen LogP contribution >= 0.6 is 0 Å². The molecule has 0 aliphatic rings. The number of carbonyl (C=O) groups is 1. The van der Waals surface area contributed by atoms with Gasteiger partial charge in [0.15, 0.2) is 9.84 Å². The quantitative estimate of drug-likeness (QED) is 0.845. The van der Waals surface area contributed by atoms with Gasteiger partial charge in [-0.05, 0) is 23.8 Å². The first-order valence-corrected chi connectivity index (χ1v) is 6.05. The lowest BCUT2D eigenvalue weighted by atomic mass is 10.1. The van der Waals surface area contributed by atoms with Gasteiger partial charge in [0.05, 0.1) is 5.56 Å². The highest BCUT2D eigenvalue weighted by Gasteiger charge is 2.01. The summed E-state index contributed by atoms with van der Waals surface area (Å²) < 4.78 is 21.6. The molecule has 0 amide bonds. The molecular weight excluding hydrogens is 216 g/mol. The van der Waals surface area contributed by atoms with Crippen LogP contribution in [0.5, 0.6) is 0 Å². The Morgan fingerprint density at radius 3 is 2.60 bits per heavy atom. The van der Waals surface area contributed by atoms with Gasteiger partial charge in [-0.1, -0.05) is 12.1 Å². The normalized spacial score (nSPS) is 11.8. The van der Waals surface area contributed by atoms with E-state index in [-0.39, 0.29) is 5.56 Å². The van der Waals surface area contributed by atoms with E-state index in [4.69, 9.17) is 5.11 Å². The molecule has 0 saturated heterocycles. The van der Waals surface area contributed by atoms with E-state index < -0.39 is 15.8 Å². The summed E-state index contributed by atoms with van der Waals surface area (Å²) in [7, 11) is -3.18. The van der Waals surface area contributed by atoms with Gasteiger partial charge >= 0.3 is 5.97 Å². The van der Waals surface area contributed by atoms with Crippen LogP contribution in [0.25, 0.3) is 6.08 Å². The maximum atomic E-state index is 10.8. The molecular formula is C10H10O4S. The average molecular weight is 226 g/mol. The van der Waals surface area contributed by atoms with Crippen molar-refractivity contribution >= 4 is 21.9 Å². The molecule has 0 spiro atoms. The van der Waals surface area contributed by atoms with Crippen molar-refractivity contribution in [3.63, 3.8) is 0 Å². The smallest absolute Gasteiger partial charge is 0.335 e. The van der Waals surface area contributed by atoms with Gasteiger partial charge in [-0.25, -0.2) is 13.2 Å². The summed E-state index contributed by atoms with van der Waals surface area (Å²) in [6.07, 6.45) is 2.44. The minimum Gasteiger partial charge on any atom is -0.478 e. The molecule has 15 heavy (non-hydrogen) atoms. The first-order chi connectivity index (χ1) is 6.88. The second-order valence-electron chi connectivity index (χ2n) is 3.06. The Morgan fingerprint density at radius 2 is 2.07 bits per heavy atom. The Hall–Kier alpha value is -1.62. The molecule has 5 heteroatoms. The summed E-state index contributed by atoms with van der Waals surface area (Å²) in [5, 5.41) is 9.73. The van der Waals surface area contributed by atoms with Gasteiger partial charge in [0.2, 0.25) is 0 Å². The van der Waals surface area contributed by atoms with E-state index in [2.05, 4.69) is 0 Å². The van der Waals surface area contributed by atoms with E-state index in [9.17, 15) is 13.2 Å². The zero-order valence-electron chi connectivity index (χ0n) is 8.04. The lowest BCUT2D eigenvalue weighted by Gasteiger charge is -1.96.